The zero-order chi connectivity index (χ0) is 23.2. The average Bonchev–Trinajstić information content (AvgIpc) is 2.79. The molecule has 0 aromatic heterocycles. The maximum absolute atomic E-state index is 12.0. The molecule has 4 heteroatoms. The van der Waals surface area contributed by atoms with Gasteiger partial charge in [0, 0.05) is 24.2 Å². The summed E-state index contributed by atoms with van der Waals surface area (Å²) in [5, 5.41) is 9.87. The van der Waals surface area contributed by atoms with Crippen molar-refractivity contribution < 1.29 is 19.4 Å². The van der Waals surface area contributed by atoms with Crippen LogP contribution in [-0.4, -0.2) is 30.4 Å². The lowest BCUT2D eigenvalue weighted by atomic mass is 9.94. The van der Waals surface area contributed by atoms with Crippen LogP contribution in [0, 0.1) is 0 Å². The summed E-state index contributed by atoms with van der Waals surface area (Å²) in [6.07, 6.45) is 9.60. The molecule has 0 saturated carbocycles. The molecule has 0 saturated heterocycles. The second-order valence-electron chi connectivity index (χ2n) is 8.49. The number of carbonyl (C=O) groups is 1. The van der Waals surface area contributed by atoms with Gasteiger partial charge in [0.05, 0.1) is 18.3 Å². The van der Waals surface area contributed by atoms with Gasteiger partial charge in [-0.15, -0.1) is 0 Å². The van der Waals surface area contributed by atoms with Gasteiger partial charge in [0.1, 0.15) is 5.75 Å². The number of carboxylic acid groups (broad SMARTS) is 1. The van der Waals surface area contributed by atoms with E-state index in [1.807, 2.05) is 43.3 Å². The van der Waals surface area contributed by atoms with Crippen LogP contribution in [-0.2, 0) is 11.2 Å². The summed E-state index contributed by atoms with van der Waals surface area (Å²) in [6.45, 7) is 7.64. The molecule has 0 aliphatic rings. The van der Waals surface area contributed by atoms with Crippen LogP contribution in [0.25, 0.3) is 11.1 Å². The highest BCUT2D eigenvalue weighted by molar-refractivity contribution is 5.92. The van der Waals surface area contributed by atoms with E-state index in [4.69, 9.17) is 9.47 Å². The third kappa shape index (κ3) is 8.31. The molecule has 0 amide bonds. The number of hydrogen-bond donors (Lipinski definition) is 1. The van der Waals surface area contributed by atoms with Gasteiger partial charge in [-0.2, -0.15) is 0 Å². The van der Waals surface area contributed by atoms with Crippen molar-refractivity contribution in [3.05, 3.63) is 53.6 Å². The van der Waals surface area contributed by atoms with E-state index in [1.165, 1.54) is 25.7 Å². The highest BCUT2D eigenvalue weighted by atomic mass is 16.5. The second kappa shape index (κ2) is 14.7. The van der Waals surface area contributed by atoms with E-state index >= 15 is 0 Å². The molecule has 1 atom stereocenters. The number of carboxylic acids is 1. The van der Waals surface area contributed by atoms with Gasteiger partial charge in [0.15, 0.2) is 0 Å². The van der Waals surface area contributed by atoms with Crippen LogP contribution in [0.3, 0.4) is 0 Å². The lowest BCUT2D eigenvalue weighted by Crippen LogP contribution is -2.17. The first-order valence-corrected chi connectivity index (χ1v) is 12.3. The Labute approximate surface area is 194 Å². The highest BCUT2D eigenvalue weighted by Crippen LogP contribution is 2.37. The van der Waals surface area contributed by atoms with Gasteiger partial charge < -0.3 is 14.6 Å². The summed E-state index contributed by atoms with van der Waals surface area (Å²) in [4.78, 5) is 12.0. The van der Waals surface area contributed by atoms with Gasteiger partial charge in [-0.1, -0.05) is 82.7 Å². The van der Waals surface area contributed by atoms with E-state index in [2.05, 4.69) is 13.8 Å². The molecule has 2 rings (SSSR count). The van der Waals surface area contributed by atoms with Crippen molar-refractivity contribution in [3.8, 4) is 16.9 Å². The summed E-state index contributed by atoms with van der Waals surface area (Å²) < 4.78 is 12.3. The van der Waals surface area contributed by atoms with E-state index in [1.54, 1.807) is 6.07 Å². The summed E-state index contributed by atoms with van der Waals surface area (Å²) in [5.74, 6) is -0.236. The second-order valence-corrected chi connectivity index (χ2v) is 8.49. The molecule has 0 heterocycles. The standard InChI is InChI=1S/C28H40O4/c1-4-6-8-9-10-14-20-32-27-24(23-15-12-11-13-16-23)17-18-25(28(29)30)26(27)21-22(3)31-19-7-5-2/h11-13,15-18,22H,4-10,14,19-21H2,1-3H3,(H,29,30). The Morgan fingerprint density at radius 3 is 2.25 bits per heavy atom. The third-order valence-electron chi connectivity index (χ3n) is 5.71. The predicted molar refractivity (Wildman–Crippen MR) is 132 cm³/mol. The highest BCUT2D eigenvalue weighted by Gasteiger charge is 2.22. The van der Waals surface area contributed by atoms with Crippen molar-refractivity contribution in [1.82, 2.24) is 0 Å². The Balaban J connectivity index is 2.28. The molecule has 0 aliphatic heterocycles. The summed E-state index contributed by atoms with van der Waals surface area (Å²) in [7, 11) is 0. The van der Waals surface area contributed by atoms with Gasteiger partial charge in [0.2, 0.25) is 0 Å². The molecule has 176 valence electrons. The number of unbranched alkanes of at least 4 members (excludes halogenated alkanes) is 6. The zero-order valence-corrected chi connectivity index (χ0v) is 20.1. The smallest absolute Gasteiger partial charge is 0.336 e. The molecular weight excluding hydrogens is 400 g/mol. The lowest BCUT2D eigenvalue weighted by molar-refractivity contribution is 0.0624. The van der Waals surface area contributed by atoms with Gasteiger partial charge in [-0.3, -0.25) is 0 Å². The molecule has 0 fully saturated rings. The molecule has 1 unspecified atom stereocenters. The SMILES string of the molecule is CCCCCCCCOc1c(-c2ccccc2)ccc(C(=O)O)c1CC(C)OCCCC. The van der Waals surface area contributed by atoms with Crippen LogP contribution in [0.1, 0.15) is 88.1 Å². The van der Waals surface area contributed by atoms with Crippen molar-refractivity contribution >= 4 is 5.97 Å². The number of hydrogen-bond acceptors (Lipinski definition) is 3. The maximum Gasteiger partial charge on any atom is 0.336 e. The Morgan fingerprint density at radius 2 is 1.56 bits per heavy atom. The fourth-order valence-corrected chi connectivity index (χ4v) is 3.87. The number of aromatic carboxylic acids is 1. The Kier molecular flexibility index (Phi) is 11.9. The first kappa shape index (κ1) is 25.9. The molecule has 4 nitrogen and oxygen atoms in total. The van der Waals surface area contributed by atoms with Crippen LogP contribution in [0.2, 0.25) is 0 Å². The number of benzene rings is 2. The van der Waals surface area contributed by atoms with Gasteiger partial charge in [-0.25, -0.2) is 4.79 Å². The summed E-state index contributed by atoms with van der Waals surface area (Å²) >= 11 is 0. The minimum Gasteiger partial charge on any atom is -0.493 e. The topological polar surface area (TPSA) is 55.8 Å². The molecule has 32 heavy (non-hydrogen) atoms. The third-order valence-corrected chi connectivity index (χ3v) is 5.71. The van der Waals surface area contributed by atoms with E-state index in [9.17, 15) is 9.90 Å². The molecule has 0 spiro atoms. The molecule has 2 aromatic rings. The zero-order valence-electron chi connectivity index (χ0n) is 20.1. The van der Waals surface area contributed by atoms with Crippen molar-refractivity contribution in [3.63, 3.8) is 0 Å². The first-order valence-electron chi connectivity index (χ1n) is 12.3. The van der Waals surface area contributed by atoms with Crippen molar-refractivity contribution in [2.45, 2.75) is 84.7 Å². The molecule has 0 bridgehead atoms. The lowest BCUT2D eigenvalue weighted by Gasteiger charge is -2.21. The minimum absolute atomic E-state index is 0.0814. The van der Waals surface area contributed by atoms with E-state index < -0.39 is 5.97 Å². The van der Waals surface area contributed by atoms with Crippen LogP contribution < -0.4 is 4.74 Å². The maximum atomic E-state index is 12.0. The van der Waals surface area contributed by atoms with E-state index in [-0.39, 0.29) is 6.10 Å². The average molecular weight is 441 g/mol. The molecule has 1 N–H and O–H groups in total. The van der Waals surface area contributed by atoms with Crippen molar-refractivity contribution in [2.75, 3.05) is 13.2 Å². The van der Waals surface area contributed by atoms with Crippen LogP contribution >= 0.6 is 0 Å². The predicted octanol–water partition coefficient (Wildman–Crippen LogP) is 7.54. The number of ether oxygens (including phenoxy) is 2. The van der Waals surface area contributed by atoms with Gasteiger partial charge in [0.25, 0.3) is 0 Å². The van der Waals surface area contributed by atoms with E-state index in [0.717, 1.165) is 42.4 Å². The van der Waals surface area contributed by atoms with Gasteiger partial charge in [-0.05, 0) is 37.5 Å². The van der Waals surface area contributed by atoms with Crippen LogP contribution in [0.15, 0.2) is 42.5 Å². The van der Waals surface area contributed by atoms with E-state index in [0.29, 0.717) is 30.9 Å². The van der Waals surface area contributed by atoms with Gasteiger partial charge >= 0.3 is 5.97 Å². The first-order chi connectivity index (χ1) is 15.6. The minimum atomic E-state index is -0.926. The molecular formula is C28H40O4. The fourth-order valence-electron chi connectivity index (χ4n) is 3.87. The summed E-state index contributed by atoms with van der Waals surface area (Å²) in [5.41, 5.74) is 3.00. The molecule has 0 radical (unpaired) electrons. The largest absolute Gasteiger partial charge is 0.493 e. The van der Waals surface area contributed by atoms with Crippen LogP contribution in [0.5, 0.6) is 5.75 Å². The van der Waals surface area contributed by atoms with Crippen molar-refractivity contribution in [1.29, 1.82) is 0 Å². The summed E-state index contributed by atoms with van der Waals surface area (Å²) in [6, 6.07) is 13.6. The quantitative estimate of drug-likeness (QED) is 0.274. The Morgan fingerprint density at radius 1 is 0.875 bits per heavy atom. The normalized spacial score (nSPS) is 12.0. The van der Waals surface area contributed by atoms with Crippen molar-refractivity contribution in [2.24, 2.45) is 0 Å². The molecule has 2 aromatic carbocycles. The number of rotatable bonds is 16. The van der Waals surface area contributed by atoms with Crippen LogP contribution in [0.4, 0.5) is 0 Å². The Hall–Kier alpha value is -2.33. The molecule has 0 aliphatic carbocycles. The fraction of sp³-hybridized carbons (Fsp3) is 0.536. The Bertz CT molecular complexity index is 801. The monoisotopic (exact) mass is 440 g/mol.